The molecule has 2 heterocycles. The molecule has 0 unspecified atom stereocenters. The molecule has 92 valence electrons. The predicted octanol–water partition coefficient (Wildman–Crippen LogP) is 3.59. The van der Waals surface area contributed by atoms with Crippen LogP contribution in [0.5, 0.6) is 0 Å². The van der Waals surface area contributed by atoms with Crippen LogP contribution in [0.4, 0.5) is 5.95 Å². The first-order valence-electron chi connectivity index (χ1n) is 6.04. The van der Waals surface area contributed by atoms with Gasteiger partial charge in [0.15, 0.2) is 0 Å². The van der Waals surface area contributed by atoms with Crippen LogP contribution >= 0.6 is 11.3 Å². The molecule has 3 nitrogen and oxygen atoms in total. The Hall–Kier alpha value is -1.81. The number of para-hydroxylation sites is 2. The average Bonchev–Trinajstić information content (AvgIpc) is 2.96. The molecule has 0 atom stereocenters. The highest BCUT2D eigenvalue weighted by atomic mass is 32.1. The van der Waals surface area contributed by atoms with Crippen molar-refractivity contribution in [3.63, 3.8) is 0 Å². The Morgan fingerprint density at radius 3 is 2.94 bits per heavy atom. The molecule has 0 aliphatic rings. The second kappa shape index (κ2) is 4.82. The van der Waals surface area contributed by atoms with E-state index in [9.17, 15) is 0 Å². The molecule has 0 bridgehead atoms. The number of anilines is 1. The molecule has 0 amide bonds. The van der Waals surface area contributed by atoms with Gasteiger partial charge in [0.05, 0.1) is 11.0 Å². The van der Waals surface area contributed by atoms with Gasteiger partial charge in [-0.3, -0.25) is 0 Å². The van der Waals surface area contributed by atoms with Gasteiger partial charge in [0, 0.05) is 11.4 Å². The summed E-state index contributed by atoms with van der Waals surface area (Å²) in [4.78, 5) is 9.21. The Morgan fingerprint density at radius 1 is 1.28 bits per heavy atom. The van der Waals surface area contributed by atoms with Crippen LogP contribution in [0.15, 0.2) is 35.7 Å². The Bertz CT molecular complexity index is 621. The van der Waals surface area contributed by atoms with Gasteiger partial charge in [0.2, 0.25) is 5.95 Å². The number of thiophene rings is 1. The van der Waals surface area contributed by atoms with Crippen molar-refractivity contribution in [3.05, 3.63) is 46.2 Å². The first-order valence-corrected chi connectivity index (χ1v) is 6.92. The van der Waals surface area contributed by atoms with Gasteiger partial charge in [-0.2, -0.15) is 0 Å². The summed E-state index contributed by atoms with van der Waals surface area (Å²) >= 11 is 1.82. The van der Waals surface area contributed by atoms with Crippen LogP contribution in [-0.2, 0) is 6.42 Å². The fourth-order valence-electron chi connectivity index (χ4n) is 1.99. The lowest BCUT2D eigenvalue weighted by atomic mass is 10.2. The molecule has 3 rings (SSSR count). The Balaban J connectivity index is 1.65. The lowest BCUT2D eigenvalue weighted by molar-refractivity contribution is 1.01. The molecule has 0 saturated carbocycles. The number of aryl methyl sites for hydroxylation is 1. The van der Waals surface area contributed by atoms with Crippen molar-refractivity contribution in [1.29, 1.82) is 0 Å². The number of hydrogen-bond donors (Lipinski definition) is 2. The van der Waals surface area contributed by atoms with Gasteiger partial charge in [-0.25, -0.2) is 4.98 Å². The van der Waals surface area contributed by atoms with Crippen molar-refractivity contribution < 1.29 is 0 Å². The number of hydrogen-bond acceptors (Lipinski definition) is 3. The summed E-state index contributed by atoms with van der Waals surface area (Å²) in [6, 6.07) is 10.2. The third-order valence-corrected chi connectivity index (χ3v) is 4.08. The molecule has 18 heavy (non-hydrogen) atoms. The number of imidazole rings is 1. The van der Waals surface area contributed by atoms with Crippen molar-refractivity contribution in [3.8, 4) is 0 Å². The van der Waals surface area contributed by atoms with Crippen molar-refractivity contribution in [2.75, 3.05) is 11.9 Å². The monoisotopic (exact) mass is 257 g/mol. The molecule has 0 aliphatic heterocycles. The molecule has 0 fully saturated rings. The SMILES string of the molecule is Cc1ccsc1CCNc1nc2ccccc2[nH]1. The second-order valence-corrected chi connectivity index (χ2v) is 5.31. The minimum absolute atomic E-state index is 0.852. The Labute approximate surface area is 110 Å². The standard InChI is InChI=1S/C14H15N3S/c1-10-7-9-18-13(10)6-8-15-14-16-11-4-2-3-5-12(11)17-14/h2-5,7,9H,6,8H2,1H3,(H2,15,16,17). The van der Waals surface area contributed by atoms with E-state index in [0.717, 1.165) is 29.9 Å². The zero-order chi connectivity index (χ0) is 12.4. The molecule has 4 heteroatoms. The predicted molar refractivity (Wildman–Crippen MR) is 77.3 cm³/mol. The zero-order valence-corrected chi connectivity index (χ0v) is 11.1. The van der Waals surface area contributed by atoms with E-state index in [1.54, 1.807) is 0 Å². The number of rotatable bonds is 4. The fraction of sp³-hybridized carbons (Fsp3) is 0.214. The van der Waals surface area contributed by atoms with E-state index in [0.29, 0.717) is 0 Å². The lowest BCUT2D eigenvalue weighted by Crippen LogP contribution is -2.05. The van der Waals surface area contributed by atoms with Crippen molar-refractivity contribution in [1.82, 2.24) is 9.97 Å². The van der Waals surface area contributed by atoms with Crippen molar-refractivity contribution in [2.45, 2.75) is 13.3 Å². The van der Waals surface area contributed by atoms with Gasteiger partial charge in [-0.1, -0.05) is 12.1 Å². The topological polar surface area (TPSA) is 40.7 Å². The van der Waals surface area contributed by atoms with Crippen LogP contribution in [0.25, 0.3) is 11.0 Å². The smallest absolute Gasteiger partial charge is 0.201 e. The van der Waals surface area contributed by atoms with Crippen LogP contribution in [0.1, 0.15) is 10.4 Å². The summed E-state index contributed by atoms with van der Waals surface area (Å²) in [5, 5.41) is 5.48. The maximum Gasteiger partial charge on any atom is 0.201 e. The largest absolute Gasteiger partial charge is 0.355 e. The number of fused-ring (bicyclic) bond motifs is 1. The van der Waals surface area contributed by atoms with Crippen LogP contribution in [0.3, 0.4) is 0 Å². The zero-order valence-electron chi connectivity index (χ0n) is 10.2. The second-order valence-electron chi connectivity index (χ2n) is 4.31. The summed E-state index contributed by atoms with van der Waals surface area (Å²) in [5.74, 6) is 0.852. The van der Waals surface area contributed by atoms with E-state index in [1.165, 1.54) is 10.4 Å². The van der Waals surface area contributed by atoms with Crippen LogP contribution in [-0.4, -0.2) is 16.5 Å². The van der Waals surface area contributed by atoms with E-state index < -0.39 is 0 Å². The van der Waals surface area contributed by atoms with Crippen LogP contribution in [0.2, 0.25) is 0 Å². The molecular weight excluding hydrogens is 242 g/mol. The number of benzene rings is 1. The minimum Gasteiger partial charge on any atom is -0.355 e. The number of aromatic amines is 1. The first kappa shape index (κ1) is 11.3. The van der Waals surface area contributed by atoms with Gasteiger partial charge in [0.25, 0.3) is 0 Å². The minimum atomic E-state index is 0.852. The van der Waals surface area contributed by atoms with E-state index in [4.69, 9.17) is 0 Å². The van der Waals surface area contributed by atoms with E-state index in [2.05, 4.69) is 33.7 Å². The third-order valence-electron chi connectivity index (χ3n) is 3.00. The van der Waals surface area contributed by atoms with Gasteiger partial charge in [0.1, 0.15) is 0 Å². The van der Waals surface area contributed by atoms with E-state index in [1.807, 2.05) is 35.6 Å². The van der Waals surface area contributed by atoms with Gasteiger partial charge in [-0.05, 0) is 42.5 Å². The summed E-state index contributed by atoms with van der Waals surface area (Å²) in [7, 11) is 0. The molecule has 0 radical (unpaired) electrons. The highest BCUT2D eigenvalue weighted by molar-refractivity contribution is 7.10. The maximum absolute atomic E-state index is 4.49. The number of nitrogens with one attached hydrogen (secondary N) is 2. The molecule has 3 aromatic rings. The fourth-order valence-corrected chi connectivity index (χ4v) is 2.90. The molecule has 0 spiro atoms. The average molecular weight is 257 g/mol. The number of H-pyrrole nitrogens is 1. The third kappa shape index (κ3) is 2.24. The summed E-state index contributed by atoms with van der Waals surface area (Å²) in [6.45, 7) is 3.06. The van der Waals surface area contributed by atoms with Gasteiger partial charge >= 0.3 is 0 Å². The molecule has 2 N–H and O–H groups in total. The lowest BCUT2D eigenvalue weighted by Gasteiger charge is -2.01. The van der Waals surface area contributed by atoms with Crippen LogP contribution in [0, 0.1) is 6.92 Å². The van der Waals surface area contributed by atoms with Crippen molar-refractivity contribution in [2.24, 2.45) is 0 Å². The van der Waals surface area contributed by atoms with Gasteiger partial charge < -0.3 is 10.3 Å². The van der Waals surface area contributed by atoms with Crippen LogP contribution < -0.4 is 5.32 Å². The molecular formula is C14H15N3S. The number of nitrogens with zero attached hydrogens (tertiary/aromatic N) is 1. The molecule has 0 saturated heterocycles. The van der Waals surface area contributed by atoms with Gasteiger partial charge in [-0.15, -0.1) is 11.3 Å². The molecule has 0 aliphatic carbocycles. The highest BCUT2D eigenvalue weighted by Crippen LogP contribution is 2.17. The molecule has 1 aromatic carbocycles. The van der Waals surface area contributed by atoms with E-state index >= 15 is 0 Å². The molecule has 2 aromatic heterocycles. The summed E-state index contributed by atoms with van der Waals surface area (Å²) < 4.78 is 0. The number of aromatic nitrogens is 2. The summed E-state index contributed by atoms with van der Waals surface area (Å²) in [6.07, 6.45) is 1.04. The van der Waals surface area contributed by atoms with E-state index in [-0.39, 0.29) is 0 Å². The summed E-state index contributed by atoms with van der Waals surface area (Å²) in [5.41, 5.74) is 3.46. The Morgan fingerprint density at radius 2 is 2.17 bits per heavy atom. The van der Waals surface area contributed by atoms with Crippen molar-refractivity contribution >= 4 is 28.3 Å². The maximum atomic E-state index is 4.49. The quantitative estimate of drug-likeness (QED) is 0.750. The normalized spacial score (nSPS) is 10.9. The Kier molecular flexibility index (Phi) is 3.02. The first-order chi connectivity index (χ1) is 8.83. The highest BCUT2D eigenvalue weighted by Gasteiger charge is 2.02.